The summed E-state index contributed by atoms with van der Waals surface area (Å²) in [5.74, 6) is 0.0244. The van der Waals surface area contributed by atoms with E-state index in [1.54, 1.807) is 0 Å². The fraction of sp³-hybridized carbons (Fsp3) is 0.846. The Morgan fingerprint density at radius 3 is 2.29 bits per heavy atom. The number of carbonyl (C=O) groups excluding carboxylic acids is 2. The summed E-state index contributed by atoms with van der Waals surface area (Å²) in [6.07, 6.45) is 2.14. The summed E-state index contributed by atoms with van der Waals surface area (Å²) in [6.45, 7) is 6.31. The van der Waals surface area contributed by atoms with Crippen LogP contribution < -0.4 is 0 Å². The molecule has 17 heavy (non-hydrogen) atoms. The van der Waals surface area contributed by atoms with Gasteiger partial charge in [0.15, 0.2) is 0 Å². The van der Waals surface area contributed by atoms with E-state index >= 15 is 0 Å². The van der Waals surface area contributed by atoms with Crippen LogP contribution in [0.2, 0.25) is 0 Å². The van der Waals surface area contributed by atoms with Crippen LogP contribution in [0.15, 0.2) is 0 Å². The van der Waals surface area contributed by atoms with E-state index in [-0.39, 0.29) is 29.8 Å². The summed E-state index contributed by atoms with van der Waals surface area (Å²) >= 11 is 0. The van der Waals surface area contributed by atoms with E-state index < -0.39 is 5.41 Å². The molecule has 1 heterocycles. The van der Waals surface area contributed by atoms with Crippen molar-refractivity contribution < 1.29 is 14.7 Å². The lowest BCUT2D eigenvalue weighted by Gasteiger charge is -2.27. The number of rotatable bonds is 4. The van der Waals surface area contributed by atoms with Crippen molar-refractivity contribution in [2.45, 2.75) is 40.0 Å². The van der Waals surface area contributed by atoms with Gasteiger partial charge in [-0.25, -0.2) is 0 Å². The molecule has 1 N–H and O–H groups in total. The highest BCUT2D eigenvalue weighted by molar-refractivity contribution is 6.05. The summed E-state index contributed by atoms with van der Waals surface area (Å²) in [5, 5.41) is 9.28. The maximum atomic E-state index is 12.3. The van der Waals surface area contributed by atoms with Crippen molar-refractivity contribution in [3.8, 4) is 0 Å². The van der Waals surface area contributed by atoms with Crippen molar-refractivity contribution in [1.82, 2.24) is 4.90 Å². The first kappa shape index (κ1) is 12.6. The van der Waals surface area contributed by atoms with Gasteiger partial charge in [-0.05, 0) is 25.7 Å². The molecular formula is C13H21NO3. The molecule has 0 aromatic carbocycles. The minimum atomic E-state index is -0.553. The van der Waals surface area contributed by atoms with Crippen LogP contribution in [0.4, 0.5) is 0 Å². The topological polar surface area (TPSA) is 57.6 Å². The van der Waals surface area contributed by atoms with Crippen LogP contribution >= 0.6 is 0 Å². The Morgan fingerprint density at radius 1 is 1.35 bits per heavy atom. The largest absolute Gasteiger partial charge is 0.396 e. The minimum Gasteiger partial charge on any atom is -0.396 e. The molecule has 2 aliphatic rings. The van der Waals surface area contributed by atoms with Crippen LogP contribution in [-0.2, 0) is 9.59 Å². The number of amides is 2. The van der Waals surface area contributed by atoms with Gasteiger partial charge >= 0.3 is 0 Å². The fourth-order valence-electron chi connectivity index (χ4n) is 2.40. The molecule has 0 radical (unpaired) electrons. The number of likely N-dealkylation sites (tertiary alicyclic amines) is 1. The quantitative estimate of drug-likeness (QED) is 0.749. The molecule has 4 nitrogen and oxygen atoms in total. The lowest BCUT2D eigenvalue weighted by atomic mass is 9.78. The van der Waals surface area contributed by atoms with E-state index in [0.29, 0.717) is 13.0 Å². The second-order valence-corrected chi connectivity index (χ2v) is 6.19. The third-order valence-electron chi connectivity index (χ3n) is 4.61. The number of nitrogens with zero attached hydrogens (tertiary/aromatic N) is 1. The summed E-state index contributed by atoms with van der Waals surface area (Å²) in [6, 6.07) is 0. The lowest BCUT2D eigenvalue weighted by molar-refractivity contribution is -0.143. The third kappa shape index (κ3) is 1.88. The zero-order chi connectivity index (χ0) is 12.8. The number of carbonyl (C=O) groups is 2. The van der Waals surface area contributed by atoms with Gasteiger partial charge in [0.1, 0.15) is 0 Å². The Hall–Kier alpha value is -0.900. The fourth-order valence-corrected chi connectivity index (χ4v) is 2.40. The Labute approximate surface area is 102 Å². The molecule has 2 amide bonds. The predicted octanol–water partition coefficient (Wildman–Crippen LogP) is 1.18. The SMILES string of the molecule is CC(C)C1(C)CC(=O)N(CC2(CO)CC2)C1=O. The maximum absolute atomic E-state index is 12.3. The van der Waals surface area contributed by atoms with Crippen molar-refractivity contribution >= 4 is 11.8 Å². The molecule has 0 spiro atoms. The molecule has 1 aliphatic heterocycles. The number of imide groups is 1. The molecule has 1 atom stereocenters. The van der Waals surface area contributed by atoms with E-state index in [2.05, 4.69) is 0 Å². The molecule has 96 valence electrons. The van der Waals surface area contributed by atoms with E-state index in [4.69, 9.17) is 0 Å². The van der Waals surface area contributed by atoms with Gasteiger partial charge in [-0.1, -0.05) is 13.8 Å². The van der Waals surface area contributed by atoms with Crippen LogP contribution in [0, 0.1) is 16.7 Å². The lowest BCUT2D eigenvalue weighted by Crippen LogP contribution is -2.40. The highest BCUT2D eigenvalue weighted by atomic mass is 16.3. The number of aliphatic hydroxyl groups is 1. The standard InChI is InChI=1S/C13H21NO3/c1-9(2)12(3)6-10(16)14(11(12)17)7-13(8-15)4-5-13/h9,15H,4-8H2,1-3H3. The molecule has 0 bridgehead atoms. The van der Waals surface area contributed by atoms with Crippen LogP contribution in [0.1, 0.15) is 40.0 Å². The van der Waals surface area contributed by atoms with E-state index in [1.807, 2.05) is 20.8 Å². The van der Waals surface area contributed by atoms with Crippen molar-refractivity contribution in [2.24, 2.45) is 16.7 Å². The molecule has 1 saturated heterocycles. The van der Waals surface area contributed by atoms with Crippen LogP contribution in [0.5, 0.6) is 0 Å². The molecule has 0 aromatic heterocycles. The van der Waals surface area contributed by atoms with E-state index in [9.17, 15) is 14.7 Å². The monoisotopic (exact) mass is 239 g/mol. The van der Waals surface area contributed by atoms with Crippen molar-refractivity contribution in [1.29, 1.82) is 0 Å². The van der Waals surface area contributed by atoms with Crippen molar-refractivity contribution in [3.63, 3.8) is 0 Å². The Kier molecular flexibility index (Phi) is 2.81. The number of aliphatic hydroxyl groups excluding tert-OH is 1. The molecule has 1 saturated carbocycles. The molecule has 1 aliphatic carbocycles. The first-order valence-corrected chi connectivity index (χ1v) is 6.30. The van der Waals surface area contributed by atoms with Crippen LogP contribution in [-0.4, -0.2) is 35.0 Å². The molecule has 2 fully saturated rings. The first-order valence-electron chi connectivity index (χ1n) is 6.30. The van der Waals surface area contributed by atoms with Gasteiger partial charge in [-0.15, -0.1) is 0 Å². The van der Waals surface area contributed by atoms with E-state index in [0.717, 1.165) is 12.8 Å². The Bertz CT molecular complexity index is 360. The second kappa shape index (κ2) is 3.80. The normalized spacial score (nSPS) is 31.5. The highest BCUT2D eigenvalue weighted by Gasteiger charge is 2.54. The van der Waals surface area contributed by atoms with Gasteiger partial charge in [-0.2, -0.15) is 0 Å². The average molecular weight is 239 g/mol. The second-order valence-electron chi connectivity index (χ2n) is 6.19. The first-order chi connectivity index (χ1) is 7.84. The molecule has 1 unspecified atom stereocenters. The minimum absolute atomic E-state index is 0.0581. The summed E-state index contributed by atoms with van der Waals surface area (Å²) < 4.78 is 0. The van der Waals surface area contributed by atoms with Gasteiger partial charge in [0, 0.05) is 18.4 Å². The third-order valence-corrected chi connectivity index (χ3v) is 4.61. The van der Waals surface area contributed by atoms with E-state index in [1.165, 1.54) is 4.90 Å². The number of hydrogen-bond donors (Lipinski definition) is 1. The van der Waals surface area contributed by atoms with Crippen LogP contribution in [0.25, 0.3) is 0 Å². The Morgan fingerprint density at radius 2 is 1.94 bits per heavy atom. The smallest absolute Gasteiger partial charge is 0.235 e. The predicted molar refractivity (Wildman–Crippen MR) is 63.0 cm³/mol. The van der Waals surface area contributed by atoms with Gasteiger partial charge in [0.05, 0.1) is 12.0 Å². The molecular weight excluding hydrogens is 218 g/mol. The zero-order valence-corrected chi connectivity index (χ0v) is 10.8. The molecule has 2 rings (SSSR count). The molecule has 4 heteroatoms. The Balaban J connectivity index is 2.15. The number of hydrogen-bond acceptors (Lipinski definition) is 3. The average Bonchev–Trinajstić information content (AvgIpc) is 3.00. The van der Waals surface area contributed by atoms with Gasteiger partial charge in [0.25, 0.3) is 0 Å². The zero-order valence-electron chi connectivity index (χ0n) is 10.8. The van der Waals surface area contributed by atoms with Crippen molar-refractivity contribution in [3.05, 3.63) is 0 Å². The maximum Gasteiger partial charge on any atom is 0.235 e. The van der Waals surface area contributed by atoms with Gasteiger partial charge < -0.3 is 5.11 Å². The van der Waals surface area contributed by atoms with Gasteiger partial charge in [-0.3, -0.25) is 14.5 Å². The van der Waals surface area contributed by atoms with Crippen LogP contribution in [0.3, 0.4) is 0 Å². The van der Waals surface area contributed by atoms with Crippen molar-refractivity contribution in [2.75, 3.05) is 13.2 Å². The summed E-state index contributed by atoms with van der Waals surface area (Å²) in [5.41, 5.74) is -0.740. The summed E-state index contributed by atoms with van der Waals surface area (Å²) in [7, 11) is 0. The summed E-state index contributed by atoms with van der Waals surface area (Å²) in [4.78, 5) is 25.7. The molecule has 0 aromatic rings. The van der Waals surface area contributed by atoms with Gasteiger partial charge in [0.2, 0.25) is 11.8 Å². The highest BCUT2D eigenvalue weighted by Crippen LogP contribution is 2.48.